The van der Waals surface area contributed by atoms with E-state index in [0.717, 1.165) is 0 Å². The normalized spacial score (nSPS) is 12.9. The topological polar surface area (TPSA) is 66.4 Å². The van der Waals surface area contributed by atoms with Crippen LogP contribution >= 0.6 is 0 Å². The summed E-state index contributed by atoms with van der Waals surface area (Å²) < 4.78 is 0. The molecule has 0 aliphatic heterocycles. The summed E-state index contributed by atoms with van der Waals surface area (Å²) in [5.41, 5.74) is 0.144. The Bertz CT molecular complexity index is 460. The maximum absolute atomic E-state index is 12.1. The third kappa shape index (κ3) is 3.32. The van der Waals surface area contributed by atoms with Gasteiger partial charge in [0, 0.05) is 6.04 Å². The van der Waals surface area contributed by atoms with Crippen molar-refractivity contribution in [2.45, 2.75) is 33.7 Å². The highest BCUT2D eigenvalue weighted by Gasteiger charge is 2.24. The predicted molar refractivity (Wildman–Crippen MR) is 69.8 cm³/mol. The van der Waals surface area contributed by atoms with Crippen LogP contribution in [0.4, 0.5) is 0 Å². The maximum Gasteiger partial charge on any atom is 0.336 e. The monoisotopic (exact) mass is 249 g/mol. The molecule has 0 aliphatic carbocycles. The minimum absolute atomic E-state index is 0.0242. The van der Waals surface area contributed by atoms with Crippen LogP contribution in [0, 0.1) is 5.41 Å². The predicted octanol–water partition coefficient (Wildman–Crippen LogP) is 2.55. The highest BCUT2D eigenvalue weighted by molar-refractivity contribution is 6.04. The number of hydrogen-bond acceptors (Lipinski definition) is 2. The van der Waals surface area contributed by atoms with Crippen LogP contribution in [0.1, 0.15) is 48.4 Å². The van der Waals surface area contributed by atoms with E-state index in [9.17, 15) is 9.59 Å². The van der Waals surface area contributed by atoms with E-state index >= 15 is 0 Å². The summed E-state index contributed by atoms with van der Waals surface area (Å²) >= 11 is 0. The average molecular weight is 249 g/mol. The third-order valence-electron chi connectivity index (χ3n) is 3.05. The lowest BCUT2D eigenvalue weighted by molar-refractivity contribution is 0.0690. The molecule has 0 aliphatic rings. The van der Waals surface area contributed by atoms with Crippen molar-refractivity contribution in [1.29, 1.82) is 0 Å². The Morgan fingerprint density at radius 1 is 1.17 bits per heavy atom. The first kappa shape index (κ1) is 14.2. The van der Waals surface area contributed by atoms with Crippen molar-refractivity contribution in [1.82, 2.24) is 5.32 Å². The van der Waals surface area contributed by atoms with Crippen molar-refractivity contribution in [3.05, 3.63) is 35.4 Å². The molecule has 0 spiro atoms. The summed E-state index contributed by atoms with van der Waals surface area (Å²) in [5.74, 6) is -1.44. The van der Waals surface area contributed by atoms with Gasteiger partial charge >= 0.3 is 5.97 Å². The van der Waals surface area contributed by atoms with Crippen molar-refractivity contribution in [2.24, 2.45) is 5.41 Å². The lowest BCUT2D eigenvalue weighted by atomic mass is 9.88. The van der Waals surface area contributed by atoms with Gasteiger partial charge in [0.15, 0.2) is 0 Å². The molecule has 1 atom stereocenters. The fraction of sp³-hybridized carbons (Fsp3) is 0.429. The Morgan fingerprint density at radius 2 is 1.67 bits per heavy atom. The molecule has 1 aromatic rings. The molecule has 1 aromatic carbocycles. The summed E-state index contributed by atoms with van der Waals surface area (Å²) in [6.45, 7) is 7.95. The van der Waals surface area contributed by atoms with E-state index in [0.29, 0.717) is 0 Å². The van der Waals surface area contributed by atoms with Gasteiger partial charge in [0.1, 0.15) is 0 Å². The molecule has 0 radical (unpaired) electrons. The van der Waals surface area contributed by atoms with Crippen LogP contribution in [0.25, 0.3) is 0 Å². The number of carboxylic acids is 1. The van der Waals surface area contributed by atoms with Crippen LogP contribution in [0.2, 0.25) is 0 Å². The number of carbonyl (C=O) groups is 2. The highest BCUT2D eigenvalue weighted by atomic mass is 16.4. The second-order valence-corrected chi connectivity index (χ2v) is 5.41. The molecule has 1 unspecified atom stereocenters. The lowest BCUT2D eigenvalue weighted by Crippen LogP contribution is -2.41. The summed E-state index contributed by atoms with van der Waals surface area (Å²) in [7, 11) is 0. The average Bonchev–Trinajstić information content (AvgIpc) is 2.27. The molecule has 0 fully saturated rings. The van der Waals surface area contributed by atoms with Crippen molar-refractivity contribution in [2.75, 3.05) is 0 Å². The van der Waals surface area contributed by atoms with E-state index in [1.807, 2.05) is 27.7 Å². The maximum atomic E-state index is 12.1. The quantitative estimate of drug-likeness (QED) is 0.865. The lowest BCUT2D eigenvalue weighted by Gasteiger charge is -2.28. The zero-order valence-corrected chi connectivity index (χ0v) is 11.2. The van der Waals surface area contributed by atoms with Crippen LogP contribution in [0.15, 0.2) is 24.3 Å². The van der Waals surface area contributed by atoms with Crippen molar-refractivity contribution >= 4 is 11.9 Å². The molecule has 0 aromatic heterocycles. The number of aromatic carboxylic acids is 1. The smallest absolute Gasteiger partial charge is 0.336 e. The second-order valence-electron chi connectivity index (χ2n) is 5.41. The van der Waals surface area contributed by atoms with E-state index < -0.39 is 5.97 Å². The molecule has 2 N–H and O–H groups in total. The van der Waals surface area contributed by atoms with E-state index in [4.69, 9.17) is 5.11 Å². The molecule has 1 rings (SSSR count). The Morgan fingerprint density at radius 3 is 2.11 bits per heavy atom. The van der Waals surface area contributed by atoms with E-state index in [1.54, 1.807) is 12.1 Å². The number of carbonyl (C=O) groups excluding carboxylic acids is 1. The summed E-state index contributed by atoms with van der Waals surface area (Å²) in [4.78, 5) is 23.1. The van der Waals surface area contributed by atoms with Gasteiger partial charge in [0.2, 0.25) is 0 Å². The molecule has 4 nitrogen and oxygen atoms in total. The Hall–Kier alpha value is -1.84. The first-order valence-corrected chi connectivity index (χ1v) is 5.86. The molecule has 0 saturated carbocycles. The molecule has 0 saturated heterocycles. The number of benzene rings is 1. The van der Waals surface area contributed by atoms with Crippen LogP contribution in [-0.2, 0) is 0 Å². The minimum Gasteiger partial charge on any atom is -0.478 e. The molecule has 18 heavy (non-hydrogen) atoms. The molecular formula is C14H19NO3. The van der Waals surface area contributed by atoms with Crippen molar-refractivity contribution in [3.8, 4) is 0 Å². The van der Waals surface area contributed by atoms with Gasteiger partial charge in [0.05, 0.1) is 11.1 Å². The number of amides is 1. The first-order chi connectivity index (χ1) is 8.23. The summed E-state index contributed by atoms with van der Waals surface area (Å²) in [6, 6.07) is 6.16. The van der Waals surface area contributed by atoms with Gasteiger partial charge in [-0.1, -0.05) is 32.9 Å². The van der Waals surface area contributed by atoms with E-state index in [-0.39, 0.29) is 28.5 Å². The van der Waals surface area contributed by atoms with Gasteiger partial charge < -0.3 is 10.4 Å². The first-order valence-electron chi connectivity index (χ1n) is 5.86. The molecular weight excluding hydrogens is 230 g/mol. The minimum atomic E-state index is -1.09. The van der Waals surface area contributed by atoms with E-state index in [1.165, 1.54) is 12.1 Å². The van der Waals surface area contributed by atoms with Gasteiger partial charge in [0.25, 0.3) is 5.91 Å². The van der Waals surface area contributed by atoms with Crippen molar-refractivity contribution in [3.63, 3.8) is 0 Å². The van der Waals surface area contributed by atoms with Gasteiger partial charge in [-0.2, -0.15) is 0 Å². The Balaban J connectivity index is 2.95. The van der Waals surface area contributed by atoms with Crippen LogP contribution < -0.4 is 5.32 Å². The van der Waals surface area contributed by atoms with Gasteiger partial charge in [-0.05, 0) is 24.5 Å². The summed E-state index contributed by atoms with van der Waals surface area (Å²) in [5, 5.41) is 11.9. The number of hydrogen-bond donors (Lipinski definition) is 2. The summed E-state index contributed by atoms with van der Waals surface area (Å²) in [6.07, 6.45) is 0. The fourth-order valence-electron chi connectivity index (χ4n) is 1.36. The Labute approximate surface area is 107 Å². The molecule has 0 bridgehead atoms. The number of rotatable bonds is 3. The van der Waals surface area contributed by atoms with Crippen LogP contribution in [0.3, 0.4) is 0 Å². The second kappa shape index (κ2) is 5.21. The van der Waals surface area contributed by atoms with Gasteiger partial charge in [-0.3, -0.25) is 4.79 Å². The SMILES string of the molecule is CC(NC(=O)c1ccccc1C(=O)O)C(C)(C)C. The zero-order chi connectivity index (χ0) is 13.9. The fourth-order valence-corrected chi connectivity index (χ4v) is 1.36. The van der Waals surface area contributed by atoms with Crippen LogP contribution in [-0.4, -0.2) is 23.0 Å². The van der Waals surface area contributed by atoms with Crippen LogP contribution in [0.5, 0.6) is 0 Å². The highest BCUT2D eigenvalue weighted by Crippen LogP contribution is 2.19. The van der Waals surface area contributed by atoms with Gasteiger partial charge in [-0.25, -0.2) is 4.79 Å². The zero-order valence-electron chi connectivity index (χ0n) is 11.2. The number of nitrogens with one attached hydrogen (secondary N) is 1. The van der Waals surface area contributed by atoms with Crippen molar-refractivity contribution < 1.29 is 14.7 Å². The largest absolute Gasteiger partial charge is 0.478 e. The molecule has 98 valence electrons. The van der Waals surface area contributed by atoms with Gasteiger partial charge in [-0.15, -0.1) is 0 Å². The molecule has 0 heterocycles. The number of carboxylic acid groups (broad SMARTS) is 1. The Kier molecular flexibility index (Phi) is 4.11. The molecule has 4 heteroatoms. The molecule has 1 amide bonds. The standard InChI is InChI=1S/C14H19NO3/c1-9(14(2,3)4)15-12(16)10-7-5-6-8-11(10)13(17)18/h5-9H,1-4H3,(H,15,16)(H,17,18). The third-order valence-corrected chi connectivity index (χ3v) is 3.05. The van der Waals surface area contributed by atoms with E-state index in [2.05, 4.69) is 5.32 Å².